The highest BCUT2D eigenvalue weighted by atomic mass is 127. The van der Waals surface area contributed by atoms with Crippen LogP contribution in [0.25, 0.3) is 0 Å². The third kappa shape index (κ3) is 3.09. The molecular weight excluding hydrogens is 340 g/mol. The van der Waals surface area contributed by atoms with E-state index in [1.807, 2.05) is 28.7 Å². The predicted molar refractivity (Wildman–Crippen MR) is 69.2 cm³/mol. The van der Waals surface area contributed by atoms with Crippen LogP contribution < -0.4 is 0 Å². The Morgan fingerprint density at radius 2 is 2.31 bits per heavy atom. The average molecular weight is 350 g/mol. The van der Waals surface area contributed by atoms with Crippen LogP contribution in [0.3, 0.4) is 0 Å². The van der Waals surface area contributed by atoms with Crippen molar-refractivity contribution in [3.05, 3.63) is 31.9 Å². The van der Waals surface area contributed by atoms with E-state index in [9.17, 15) is 4.79 Å². The molecule has 0 aliphatic heterocycles. The van der Waals surface area contributed by atoms with Gasteiger partial charge in [0.2, 0.25) is 0 Å². The molecule has 1 aromatic rings. The highest BCUT2D eigenvalue weighted by Gasteiger charge is 2.13. The number of nitriles is 1. The van der Waals surface area contributed by atoms with E-state index in [0.29, 0.717) is 20.8 Å². The molecule has 1 aromatic carbocycles. The largest absolute Gasteiger partial charge is 0.466 e. The Kier molecular flexibility index (Phi) is 5.03. The molecule has 0 spiro atoms. The molecule has 16 heavy (non-hydrogen) atoms. The Balaban J connectivity index is 2.99. The van der Waals surface area contributed by atoms with Crippen LogP contribution in [-0.2, 0) is 16.0 Å². The summed E-state index contributed by atoms with van der Waals surface area (Å²) in [5.74, 6) is -0.299. The molecule has 0 aliphatic rings. The van der Waals surface area contributed by atoms with Gasteiger partial charge in [0.1, 0.15) is 6.07 Å². The maximum atomic E-state index is 11.3. The average Bonchev–Trinajstić information content (AvgIpc) is 2.23. The first-order valence-electron chi connectivity index (χ1n) is 4.62. The van der Waals surface area contributed by atoms with Crippen LogP contribution in [0.5, 0.6) is 0 Å². The minimum Gasteiger partial charge on any atom is -0.466 e. The zero-order valence-electron chi connectivity index (χ0n) is 8.59. The normalized spacial score (nSPS) is 9.62. The smallest absolute Gasteiger partial charge is 0.310 e. The summed E-state index contributed by atoms with van der Waals surface area (Å²) in [5, 5.41) is 9.31. The third-order valence-corrected chi connectivity index (χ3v) is 3.47. The van der Waals surface area contributed by atoms with Crippen molar-refractivity contribution in [3.63, 3.8) is 0 Å². The van der Waals surface area contributed by atoms with Crippen molar-refractivity contribution < 1.29 is 9.53 Å². The fraction of sp³-hybridized carbons (Fsp3) is 0.273. The Hall–Kier alpha value is -0.800. The number of rotatable bonds is 3. The Bertz CT molecular complexity index is 454. The zero-order chi connectivity index (χ0) is 12.1. The fourth-order valence-corrected chi connectivity index (χ4v) is 2.34. The molecule has 0 aliphatic carbocycles. The lowest BCUT2D eigenvalue weighted by atomic mass is 10.1. The van der Waals surface area contributed by atoms with Crippen molar-refractivity contribution in [2.24, 2.45) is 0 Å². The van der Waals surface area contributed by atoms with Crippen molar-refractivity contribution in [2.45, 2.75) is 13.3 Å². The van der Waals surface area contributed by atoms with Crippen LogP contribution in [0.2, 0.25) is 5.02 Å². The number of carbonyl (C=O) groups is 1. The first-order valence-corrected chi connectivity index (χ1v) is 6.08. The summed E-state index contributed by atoms with van der Waals surface area (Å²) in [6.45, 7) is 2.11. The minimum absolute atomic E-state index is 0.165. The van der Waals surface area contributed by atoms with E-state index >= 15 is 0 Å². The van der Waals surface area contributed by atoms with Crippen molar-refractivity contribution in [1.29, 1.82) is 5.26 Å². The van der Waals surface area contributed by atoms with E-state index in [2.05, 4.69) is 0 Å². The molecular formula is C11H9ClINO2. The van der Waals surface area contributed by atoms with Crippen molar-refractivity contribution >= 4 is 40.2 Å². The molecule has 0 N–H and O–H groups in total. The molecule has 0 unspecified atom stereocenters. The predicted octanol–water partition coefficient (Wildman–Crippen LogP) is 2.92. The second-order valence-corrected chi connectivity index (χ2v) is 4.48. The number of carbonyl (C=O) groups excluding carboxylic acids is 1. The van der Waals surface area contributed by atoms with Crippen LogP contribution >= 0.6 is 34.2 Å². The number of hydrogen-bond donors (Lipinski definition) is 0. The number of benzene rings is 1. The van der Waals surface area contributed by atoms with E-state index in [1.165, 1.54) is 0 Å². The quantitative estimate of drug-likeness (QED) is 0.623. The van der Waals surface area contributed by atoms with Gasteiger partial charge in [-0.2, -0.15) is 5.26 Å². The van der Waals surface area contributed by atoms with Crippen LogP contribution in [0, 0.1) is 14.9 Å². The second-order valence-electron chi connectivity index (χ2n) is 2.99. The molecule has 1 rings (SSSR count). The van der Waals surface area contributed by atoms with Crippen LogP contribution in [-0.4, -0.2) is 12.6 Å². The van der Waals surface area contributed by atoms with Gasteiger partial charge in [0.05, 0.1) is 23.6 Å². The molecule has 84 valence electrons. The highest BCUT2D eigenvalue weighted by Crippen LogP contribution is 2.24. The van der Waals surface area contributed by atoms with E-state index in [4.69, 9.17) is 21.6 Å². The topological polar surface area (TPSA) is 50.1 Å². The fourth-order valence-electron chi connectivity index (χ4n) is 1.20. The lowest BCUT2D eigenvalue weighted by molar-refractivity contribution is -0.142. The van der Waals surface area contributed by atoms with Crippen LogP contribution in [0.15, 0.2) is 12.1 Å². The number of nitrogens with zero attached hydrogens (tertiary/aromatic N) is 1. The highest BCUT2D eigenvalue weighted by molar-refractivity contribution is 14.1. The molecule has 0 bridgehead atoms. The van der Waals surface area contributed by atoms with E-state index in [0.717, 1.165) is 5.56 Å². The standard InChI is InChI=1S/C11H9ClINO2/c1-2-16-10(15)5-7-3-4-9(12)8(6-14)11(7)13/h3-4H,2,5H2,1H3. The van der Waals surface area contributed by atoms with E-state index in [1.54, 1.807) is 19.1 Å². The van der Waals surface area contributed by atoms with E-state index < -0.39 is 0 Å². The van der Waals surface area contributed by atoms with Gasteiger partial charge in [-0.15, -0.1) is 0 Å². The summed E-state index contributed by atoms with van der Waals surface area (Å²) < 4.78 is 5.56. The zero-order valence-corrected chi connectivity index (χ0v) is 11.5. The summed E-state index contributed by atoms with van der Waals surface area (Å²) in [6, 6.07) is 5.38. The lowest BCUT2D eigenvalue weighted by Crippen LogP contribution is -2.09. The number of esters is 1. The summed E-state index contributed by atoms with van der Waals surface area (Å²) >= 11 is 7.87. The second kappa shape index (κ2) is 6.06. The number of ether oxygens (including phenoxy) is 1. The van der Waals surface area contributed by atoms with Gasteiger partial charge in [-0.25, -0.2) is 0 Å². The molecule has 0 fully saturated rings. The number of halogens is 2. The third-order valence-electron chi connectivity index (χ3n) is 1.92. The van der Waals surface area contributed by atoms with Gasteiger partial charge in [-0.05, 0) is 41.1 Å². The maximum absolute atomic E-state index is 11.3. The monoisotopic (exact) mass is 349 g/mol. The summed E-state index contributed by atoms with van der Waals surface area (Å²) in [6.07, 6.45) is 0.165. The molecule has 0 saturated carbocycles. The van der Waals surface area contributed by atoms with Gasteiger partial charge in [-0.1, -0.05) is 17.7 Å². The van der Waals surface area contributed by atoms with Gasteiger partial charge in [0.15, 0.2) is 0 Å². The lowest BCUT2D eigenvalue weighted by Gasteiger charge is -2.06. The van der Waals surface area contributed by atoms with Crippen LogP contribution in [0.4, 0.5) is 0 Å². The van der Waals surface area contributed by atoms with Crippen molar-refractivity contribution in [2.75, 3.05) is 6.61 Å². The SMILES string of the molecule is CCOC(=O)Cc1ccc(Cl)c(C#N)c1I. The summed E-state index contributed by atoms with van der Waals surface area (Å²) in [5.41, 5.74) is 1.17. The molecule has 0 radical (unpaired) electrons. The van der Waals surface area contributed by atoms with Gasteiger partial charge >= 0.3 is 5.97 Å². The molecule has 3 nitrogen and oxygen atoms in total. The Morgan fingerprint density at radius 3 is 2.88 bits per heavy atom. The van der Waals surface area contributed by atoms with Crippen LogP contribution in [0.1, 0.15) is 18.1 Å². The first-order chi connectivity index (χ1) is 7.60. The van der Waals surface area contributed by atoms with Gasteiger partial charge in [-0.3, -0.25) is 4.79 Å². The molecule has 0 heterocycles. The molecule has 0 atom stereocenters. The molecule has 0 saturated heterocycles. The maximum Gasteiger partial charge on any atom is 0.310 e. The van der Waals surface area contributed by atoms with Gasteiger partial charge < -0.3 is 4.74 Å². The van der Waals surface area contributed by atoms with E-state index in [-0.39, 0.29) is 12.4 Å². The summed E-state index contributed by atoms with van der Waals surface area (Å²) in [4.78, 5) is 11.3. The molecule has 0 aromatic heterocycles. The summed E-state index contributed by atoms with van der Waals surface area (Å²) in [7, 11) is 0. The Labute approximate surface area is 112 Å². The van der Waals surface area contributed by atoms with Gasteiger partial charge in [0.25, 0.3) is 0 Å². The Morgan fingerprint density at radius 1 is 1.62 bits per heavy atom. The van der Waals surface area contributed by atoms with Crippen molar-refractivity contribution in [1.82, 2.24) is 0 Å². The first kappa shape index (κ1) is 13.3. The number of hydrogen-bond acceptors (Lipinski definition) is 3. The van der Waals surface area contributed by atoms with Gasteiger partial charge in [0, 0.05) is 3.57 Å². The van der Waals surface area contributed by atoms with Crippen molar-refractivity contribution in [3.8, 4) is 6.07 Å². The molecule has 5 heteroatoms. The minimum atomic E-state index is -0.299. The molecule has 0 amide bonds.